The lowest BCUT2D eigenvalue weighted by atomic mass is 10.00. The molecule has 4 nitrogen and oxygen atoms in total. The Kier molecular flexibility index (Phi) is 3.78. The number of hydrogen-bond donors (Lipinski definition) is 1. The summed E-state index contributed by atoms with van der Waals surface area (Å²) in [5.41, 5.74) is 2.10. The molecule has 1 N–H and O–H groups in total. The zero-order valence-corrected chi connectivity index (χ0v) is 12.7. The molecule has 1 aliphatic rings. The molecule has 0 spiro atoms. The van der Waals surface area contributed by atoms with Gasteiger partial charge in [-0.3, -0.25) is 0 Å². The monoisotopic (exact) mass is 334 g/mol. The maximum atomic E-state index is 5.70. The first kappa shape index (κ1) is 13.2. The predicted molar refractivity (Wildman–Crippen MR) is 81.4 cm³/mol. The van der Waals surface area contributed by atoms with E-state index in [-0.39, 0.29) is 6.04 Å². The summed E-state index contributed by atoms with van der Waals surface area (Å²) in [5, 5.41) is 3.51. The Morgan fingerprint density at radius 2 is 2.30 bits per heavy atom. The number of rotatable bonds is 3. The van der Waals surface area contributed by atoms with Crippen molar-refractivity contribution in [1.29, 1.82) is 0 Å². The van der Waals surface area contributed by atoms with Gasteiger partial charge in [0, 0.05) is 18.2 Å². The number of nitrogens with zero attached hydrogens (tertiary/aromatic N) is 1. The third-order valence-corrected chi connectivity index (χ3v) is 3.98. The van der Waals surface area contributed by atoms with Gasteiger partial charge in [0.2, 0.25) is 0 Å². The summed E-state index contributed by atoms with van der Waals surface area (Å²) in [6.45, 7) is 0.703. The number of nitrogens with one attached hydrogen (secondary N) is 1. The van der Waals surface area contributed by atoms with E-state index in [4.69, 9.17) is 9.47 Å². The smallest absolute Gasteiger partial charge is 0.129 e. The van der Waals surface area contributed by atoms with Crippen LogP contribution < -0.4 is 14.8 Å². The van der Waals surface area contributed by atoms with Crippen LogP contribution in [0.4, 0.5) is 5.69 Å². The Hall–Kier alpha value is -1.75. The highest BCUT2D eigenvalue weighted by atomic mass is 79.9. The van der Waals surface area contributed by atoms with Crippen LogP contribution >= 0.6 is 15.9 Å². The molecule has 1 aromatic carbocycles. The Labute approximate surface area is 126 Å². The highest BCUT2D eigenvalue weighted by Crippen LogP contribution is 2.37. The van der Waals surface area contributed by atoms with Crippen molar-refractivity contribution in [3.63, 3.8) is 0 Å². The Balaban J connectivity index is 1.91. The fourth-order valence-corrected chi connectivity index (χ4v) is 2.70. The van der Waals surface area contributed by atoms with Crippen LogP contribution in [0, 0.1) is 0 Å². The standard InChI is InChI=1S/C15H15BrN2O2/c1-19-10-4-5-14-11(9-10)12(6-8-20-14)18-13-3-2-7-17-15(13)16/h2-5,7,9,12,18H,6,8H2,1H3. The van der Waals surface area contributed by atoms with E-state index in [1.165, 1.54) is 0 Å². The molecule has 3 rings (SSSR count). The van der Waals surface area contributed by atoms with E-state index < -0.39 is 0 Å². The number of benzene rings is 1. The molecule has 5 heteroatoms. The average molecular weight is 335 g/mol. The van der Waals surface area contributed by atoms with Gasteiger partial charge >= 0.3 is 0 Å². The minimum Gasteiger partial charge on any atom is -0.497 e. The van der Waals surface area contributed by atoms with Gasteiger partial charge in [-0.15, -0.1) is 0 Å². The van der Waals surface area contributed by atoms with E-state index in [0.717, 1.165) is 33.8 Å². The molecule has 0 bridgehead atoms. The molecule has 0 saturated heterocycles. The zero-order valence-electron chi connectivity index (χ0n) is 11.1. The van der Waals surface area contributed by atoms with E-state index in [0.29, 0.717) is 6.61 Å². The summed E-state index contributed by atoms with van der Waals surface area (Å²) in [5.74, 6) is 1.75. The summed E-state index contributed by atoms with van der Waals surface area (Å²) in [6.07, 6.45) is 2.66. The Morgan fingerprint density at radius 3 is 3.10 bits per heavy atom. The number of halogens is 1. The first-order valence-corrected chi connectivity index (χ1v) is 7.25. The molecule has 0 amide bonds. The minimum absolute atomic E-state index is 0.189. The van der Waals surface area contributed by atoms with Gasteiger partial charge in [-0.25, -0.2) is 4.98 Å². The van der Waals surface area contributed by atoms with Crippen molar-refractivity contribution in [3.05, 3.63) is 46.7 Å². The average Bonchev–Trinajstić information content (AvgIpc) is 2.49. The molecular weight excluding hydrogens is 320 g/mol. The van der Waals surface area contributed by atoms with Gasteiger partial charge in [0.25, 0.3) is 0 Å². The van der Waals surface area contributed by atoms with Crippen LogP contribution in [0.3, 0.4) is 0 Å². The molecule has 104 valence electrons. The number of anilines is 1. The van der Waals surface area contributed by atoms with Crippen molar-refractivity contribution in [1.82, 2.24) is 4.98 Å². The van der Waals surface area contributed by atoms with Gasteiger partial charge < -0.3 is 14.8 Å². The van der Waals surface area contributed by atoms with Gasteiger partial charge in [-0.2, -0.15) is 0 Å². The first-order valence-electron chi connectivity index (χ1n) is 6.45. The van der Waals surface area contributed by atoms with Gasteiger partial charge in [0.05, 0.1) is 25.4 Å². The largest absolute Gasteiger partial charge is 0.497 e. The number of fused-ring (bicyclic) bond motifs is 1. The van der Waals surface area contributed by atoms with Crippen molar-refractivity contribution in [2.75, 3.05) is 19.0 Å². The lowest BCUT2D eigenvalue weighted by molar-refractivity contribution is 0.273. The molecule has 0 aliphatic carbocycles. The molecule has 0 saturated carbocycles. The highest BCUT2D eigenvalue weighted by molar-refractivity contribution is 9.10. The van der Waals surface area contributed by atoms with Crippen LogP contribution in [0.1, 0.15) is 18.0 Å². The second-order valence-corrected chi connectivity index (χ2v) is 5.33. The van der Waals surface area contributed by atoms with Crippen molar-refractivity contribution in [3.8, 4) is 11.5 Å². The molecule has 2 aromatic rings. The van der Waals surface area contributed by atoms with Crippen molar-refractivity contribution < 1.29 is 9.47 Å². The van der Waals surface area contributed by atoms with Crippen LogP contribution in [-0.4, -0.2) is 18.7 Å². The van der Waals surface area contributed by atoms with E-state index in [1.807, 2.05) is 30.3 Å². The summed E-state index contributed by atoms with van der Waals surface area (Å²) in [7, 11) is 1.67. The third kappa shape index (κ3) is 2.58. The van der Waals surface area contributed by atoms with Gasteiger partial charge in [0.15, 0.2) is 0 Å². The van der Waals surface area contributed by atoms with Crippen molar-refractivity contribution >= 4 is 21.6 Å². The highest BCUT2D eigenvalue weighted by Gasteiger charge is 2.22. The quantitative estimate of drug-likeness (QED) is 0.867. The fourth-order valence-electron chi connectivity index (χ4n) is 2.33. The molecule has 1 aliphatic heterocycles. The van der Waals surface area contributed by atoms with Crippen molar-refractivity contribution in [2.24, 2.45) is 0 Å². The number of aromatic nitrogens is 1. The topological polar surface area (TPSA) is 43.4 Å². The van der Waals surface area contributed by atoms with E-state index in [2.05, 4.69) is 26.2 Å². The summed E-state index contributed by atoms with van der Waals surface area (Å²) < 4.78 is 11.8. The summed E-state index contributed by atoms with van der Waals surface area (Å²) >= 11 is 3.46. The van der Waals surface area contributed by atoms with Crippen LogP contribution in [0.2, 0.25) is 0 Å². The van der Waals surface area contributed by atoms with Gasteiger partial charge in [0.1, 0.15) is 16.1 Å². The number of pyridine rings is 1. The van der Waals surface area contributed by atoms with Crippen LogP contribution in [0.15, 0.2) is 41.1 Å². The second kappa shape index (κ2) is 5.71. The third-order valence-electron chi connectivity index (χ3n) is 3.35. The van der Waals surface area contributed by atoms with Gasteiger partial charge in [-0.1, -0.05) is 0 Å². The van der Waals surface area contributed by atoms with E-state index in [9.17, 15) is 0 Å². The number of hydrogen-bond acceptors (Lipinski definition) is 4. The molecule has 2 heterocycles. The molecule has 0 radical (unpaired) electrons. The maximum Gasteiger partial charge on any atom is 0.129 e. The first-order chi connectivity index (χ1) is 9.78. The predicted octanol–water partition coefficient (Wildman–Crippen LogP) is 3.79. The Bertz CT molecular complexity index is 619. The molecule has 1 unspecified atom stereocenters. The van der Waals surface area contributed by atoms with Gasteiger partial charge in [-0.05, 0) is 46.3 Å². The lowest BCUT2D eigenvalue weighted by Gasteiger charge is -2.28. The summed E-state index contributed by atoms with van der Waals surface area (Å²) in [4.78, 5) is 4.23. The number of methoxy groups -OCH3 is 1. The molecular formula is C15H15BrN2O2. The zero-order chi connectivity index (χ0) is 13.9. The minimum atomic E-state index is 0.189. The lowest BCUT2D eigenvalue weighted by Crippen LogP contribution is -2.20. The SMILES string of the molecule is COc1ccc2c(c1)C(Nc1cccnc1Br)CCO2. The van der Waals surface area contributed by atoms with E-state index in [1.54, 1.807) is 13.3 Å². The number of ether oxygens (including phenoxy) is 2. The van der Waals surface area contributed by atoms with E-state index >= 15 is 0 Å². The maximum absolute atomic E-state index is 5.70. The van der Waals surface area contributed by atoms with Crippen molar-refractivity contribution in [2.45, 2.75) is 12.5 Å². The Morgan fingerprint density at radius 1 is 1.40 bits per heavy atom. The summed E-state index contributed by atoms with van der Waals surface area (Å²) in [6, 6.07) is 10.0. The fraction of sp³-hybridized carbons (Fsp3) is 0.267. The molecule has 0 fully saturated rings. The van der Waals surface area contributed by atoms with Crippen LogP contribution in [-0.2, 0) is 0 Å². The normalized spacial score (nSPS) is 17.0. The van der Waals surface area contributed by atoms with Crippen LogP contribution in [0.5, 0.6) is 11.5 Å². The molecule has 1 atom stereocenters. The van der Waals surface area contributed by atoms with Crippen LogP contribution in [0.25, 0.3) is 0 Å². The molecule has 1 aromatic heterocycles. The molecule has 20 heavy (non-hydrogen) atoms. The second-order valence-electron chi connectivity index (χ2n) is 4.58.